The molecular formula is C23H25NO4S2. The summed E-state index contributed by atoms with van der Waals surface area (Å²) in [6, 6.07) is 11.6. The maximum Gasteiger partial charge on any atom is 0.270 e. The summed E-state index contributed by atoms with van der Waals surface area (Å²) in [4.78, 5) is 15.2. The molecule has 1 aliphatic rings. The third-order valence-electron chi connectivity index (χ3n) is 4.79. The number of ether oxygens (including phenoxy) is 3. The zero-order chi connectivity index (χ0) is 21.7. The molecule has 0 saturated carbocycles. The lowest BCUT2D eigenvalue weighted by atomic mass is 10.1. The van der Waals surface area contributed by atoms with Crippen molar-refractivity contribution in [1.29, 1.82) is 0 Å². The Morgan fingerprint density at radius 1 is 1.03 bits per heavy atom. The van der Waals surface area contributed by atoms with Crippen molar-refractivity contribution in [2.45, 2.75) is 26.2 Å². The second-order valence-corrected chi connectivity index (χ2v) is 8.42. The molecule has 1 amide bonds. The van der Waals surface area contributed by atoms with E-state index in [1.807, 2.05) is 12.1 Å². The van der Waals surface area contributed by atoms with Crippen molar-refractivity contribution in [2.24, 2.45) is 0 Å². The third-order valence-corrected chi connectivity index (χ3v) is 6.09. The maximum absolute atomic E-state index is 13.1. The predicted octanol–water partition coefficient (Wildman–Crippen LogP) is 5.46. The van der Waals surface area contributed by atoms with Gasteiger partial charge in [0.1, 0.15) is 0 Å². The van der Waals surface area contributed by atoms with Gasteiger partial charge in [0.15, 0.2) is 15.8 Å². The van der Waals surface area contributed by atoms with Crippen molar-refractivity contribution in [1.82, 2.24) is 0 Å². The van der Waals surface area contributed by atoms with Gasteiger partial charge in [-0.2, -0.15) is 0 Å². The van der Waals surface area contributed by atoms with E-state index in [9.17, 15) is 4.79 Å². The number of rotatable bonds is 8. The van der Waals surface area contributed by atoms with Crippen LogP contribution in [0.3, 0.4) is 0 Å². The summed E-state index contributed by atoms with van der Waals surface area (Å²) >= 11 is 6.77. The summed E-state index contributed by atoms with van der Waals surface area (Å²) in [7, 11) is 4.67. The quantitative estimate of drug-likeness (QED) is 0.399. The van der Waals surface area contributed by atoms with Crippen molar-refractivity contribution in [3.8, 4) is 17.2 Å². The van der Waals surface area contributed by atoms with E-state index in [2.05, 4.69) is 19.1 Å². The van der Waals surface area contributed by atoms with Crippen LogP contribution in [0.5, 0.6) is 17.2 Å². The van der Waals surface area contributed by atoms with Gasteiger partial charge in [0.05, 0.1) is 31.9 Å². The molecule has 0 N–H and O–H groups in total. The van der Waals surface area contributed by atoms with Crippen LogP contribution in [0.1, 0.15) is 30.9 Å². The summed E-state index contributed by atoms with van der Waals surface area (Å²) in [6.45, 7) is 2.18. The second kappa shape index (κ2) is 10.00. The molecule has 0 aromatic heterocycles. The highest BCUT2D eigenvalue weighted by Crippen LogP contribution is 2.41. The van der Waals surface area contributed by atoms with Crippen LogP contribution in [0.25, 0.3) is 6.08 Å². The summed E-state index contributed by atoms with van der Waals surface area (Å²) < 4.78 is 16.7. The van der Waals surface area contributed by atoms with Gasteiger partial charge in [0.25, 0.3) is 5.91 Å². The number of carbonyl (C=O) groups is 1. The number of anilines is 1. The lowest BCUT2D eigenvalue weighted by molar-refractivity contribution is -0.113. The van der Waals surface area contributed by atoms with E-state index in [0.717, 1.165) is 30.5 Å². The van der Waals surface area contributed by atoms with E-state index in [0.29, 0.717) is 26.5 Å². The van der Waals surface area contributed by atoms with Crippen LogP contribution < -0.4 is 19.1 Å². The molecule has 0 unspecified atom stereocenters. The number of hydrogen-bond acceptors (Lipinski definition) is 6. The molecule has 1 heterocycles. The molecule has 7 heteroatoms. The van der Waals surface area contributed by atoms with Gasteiger partial charge in [-0.25, -0.2) is 0 Å². The normalized spacial score (nSPS) is 15.1. The number of hydrogen-bond donors (Lipinski definition) is 0. The Hall–Kier alpha value is -2.51. The topological polar surface area (TPSA) is 48.0 Å². The van der Waals surface area contributed by atoms with Crippen molar-refractivity contribution >= 4 is 46.0 Å². The molecule has 0 bridgehead atoms. The van der Waals surface area contributed by atoms with Gasteiger partial charge in [-0.05, 0) is 54.3 Å². The van der Waals surface area contributed by atoms with Crippen LogP contribution in [0.2, 0.25) is 0 Å². The lowest BCUT2D eigenvalue weighted by Crippen LogP contribution is -2.27. The molecule has 158 valence electrons. The molecule has 0 spiro atoms. The Balaban J connectivity index is 1.88. The average molecular weight is 444 g/mol. The van der Waals surface area contributed by atoms with Gasteiger partial charge >= 0.3 is 0 Å². The van der Waals surface area contributed by atoms with Gasteiger partial charge in [0.2, 0.25) is 5.75 Å². The van der Waals surface area contributed by atoms with E-state index in [-0.39, 0.29) is 5.91 Å². The van der Waals surface area contributed by atoms with Crippen molar-refractivity contribution in [3.63, 3.8) is 0 Å². The molecule has 1 saturated heterocycles. The van der Waals surface area contributed by atoms with E-state index in [1.54, 1.807) is 44.4 Å². The standard InChI is InChI=1S/C23H25NO4S2/c1-5-6-7-15-8-10-17(11-9-15)24-22(25)20(30-23(24)29)14-16-12-18(26-2)21(28-4)19(13-16)27-3/h8-14H,5-7H2,1-4H3/b20-14-. The number of nitrogens with zero attached hydrogens (tertiary/aromatic N) is 1. The zero-order valence-corrected chi connectivity index (χ0v) is 19.2. The number of aryl methyl sites for hydroxylation is 1. The van der Waals surface area contributed by atoms with Crippen LogP contribution in [-0.4, -0.2) is 31.6 Å². The first-order chi connectivity index (χ1) is 14.5. The monoisotopic (exact) mass is 443 g/mol. The molecular weight excluding hydrogens is 418 g/mol. The minimum atomic E-state index is -0.139. The third kappa shape index (κ3) is 4.63. The Morgan fingerprint density at radius 2 is 1.67 bits per heavy atom. The minimum Gasteiger partial charge on any atom is -0.493 e. The van der Waals surface area contributed by atoms with Crippen LogP contribution in [-0.2, 0) is 11.2 Å². The van der Waals surface area contributed by atoms with Crippen LogP contribution in [0.15, 0.2) is 41.3 Å². The predicted molar refractivity (Wildman–Crippen MR) is 127 cm³/mol. The number of carbonyl (C=O) groups excluding carboxylic acids is 1. The van der Waals surface area contributed by atoms with Crippen molar-refractivity contribution < 1.29 is 19.0 Å². The molecule has 0 aliphatic carbocycles. The highest BCUT2D eigenvalue weighted by Gasteiger charge is 2.33. The fourth-order valence-corrected chi connectivity index (χ4v) is 4.52. The highest BCUT2D eigenvalue weighted by atomic mass is 32.2. The average Bonchev–Trinajstić information content (AvgIpc) is 3.04. The van der Waals surface area contributed by atoms with Crippen molar-refractivity contribution in [2.75, 3.05) is 26.2 Å². The largest absolute Gasteiger partial charge is 0.493 e. The zero-order valence-electron chi connectivity index (χ0n) is 17.6. The number of methoxy groups -OCH3 is 3. The van der Waals surface area contributed by atoms with Crippen LogP contribution in [0.4, 0.5) is 5.69 Å². The van der Waals surface area contributed by atoms with Crippen LogP contribution >= 0.6 is 24.0 Å². The molecule has 2 aromatic rings. The molecule has 30 heavy (non-hydrogen) atoms. The summed E-state index contributed by atoms with van der Waals surface area (Å²) in [5.41, 5.74) is 2.81. The fourth-order valence-electron chi connectivity index (χ4n) is 3.22. The minimum absolute atomic E-state index is 0.139. The molecule has 1 fully saturated rings. The molecule has 5 nitrogen and oxygen atoms in total. The second-order valence-electron chi connectivity index (χ2n) is 6.75. The lowest BCUT2D eigenvalue weighted by Gasteiger charge is -2.15. The smallest absolute Gasteiger partial charge is 0.270 e. The number of amides is 1. The van der Waals surface area contributed by atoms with Gasteiger partial charge in [-0.15, -0.1) is 0 Å². The molecule has 3 rings (SSSR count). The van der Waals surface area contributed by atoms with Gasteiger partial charge in [0, 0.05) is 0 Å². The van der Waals surface area contributed by atoms with E-state index in [1.165, 1.54) is 17.3 Å². The number of thiocarbonyl (C=S) groups is 1. The van der Waals surface area contributed by atoms with Crippen molar-refractivity contribution in [3.05, 3.63) is 52.4 Å². The first-order valence-electron chi connectivity index (χ1n) is 9.69. The van der Waals surface area contributed by atoms with E-state index >= 15 is 0 Å². The maximum atomic E-state index is 13.1. The number of unbranched alkanes of at least 4 members (excludes halogenated alkanes) is 1. The highest BCUT2D eigenvalue weighted by molar-refractivity contribution is 8.27. The van der Waals surface area contributed by atoms with Gasteiger partial charge in [-0.1, -0.05) is 49.5 Å². The van der Waals surface area contributed by atoms with Gasteiger partial charge in [-0.3, -0.25) is 9.69 Å². The van der Waals surface area contributed by atoms with Crippen LogP contribution in [0, 0.1) is 0 Å². The first-order valence-corrected chi connectivity index (χ1v) is 10.9. The summed E-state index contributed by atoms with van der Waals surface area (Å²) in [5, 5.41) is 0. The first kappa shape index (κ1) is 22.2. The van der Waals surface area contributed by atoms with E-state index in [4.69, 9.17) is 26.4 Å². The fraction of sp³-hybridized carbons (Fsp3) is 0.304. The summed E-state index contributed by atoms with van der Waals surface area (Å²) in [6.07, 6.45) is 5.13. The molecule has 1 aliphatic heterocycles. The molecule has 0 atom stereocenters. The Kier molecular flexibility index (Phi) is 7.39. The van der Waals surface area contributed by atoms with Gasteiger partial charge < -0.3 is 14.2 Å². The number of thioether (sulfide) groups is 1. The Labute approximate surface area is 187 Å². The molecule has 0 radical (unpaired) electrons. The number of benzene rings is 2. The van der Waals surface area contributed by atoms with E-state index < -0.39 is 0 Å². The molecule has 2 aromatic carbocycles. The summed E-state index contributed by atoms with van der Waals surface area (Å²) in [5.74, 6) is 1.43. The SMILES string of the molecule is CCCCc1ccc(N2C(=O)/C(=C/c3cc(OC)c(OC)c(OC)c3)SC2=S)cc1. The Bertz CT molecular complexity index is 945. The Morgan fingerprint density at radius 3 is 2.20 bits per heavy atom.